The molecule has 1 fully saturated rings. The van der Waals surface area contributed by atoms with Crippen LogP contribution in [0, 0.1) is 0 Å². The molecule has 1 aliphatic heterocycles. The van der Waals surface area contributed by atoms with Crippen LogP contribution in [0.2, 0.25) is 10.0 Å². The van der Waals surface area contributed by atoms with Crippen LogP contribution in [-0.4, -0.2) is 31.9 Å². The molecule has 0 radical (unpaired) electrons. The zero-order valence-electron chi connectivity index (χ0n) is 12.2. The molecule has 0 aromatic heterocycles. The van der Waals surface area contributed by atoms with Crippen molar-refractivity contribution >= 4 is 39.0 Å². The quantitative estimate of drug-likeness (QED) is 0.635. The summed E-state index contributed by atoms with van der Waals surface area (Å²) in [5.74, 6) is 0.456. The van der Waals surface area contributed by atoms with Crippen molar-refractivity contribution in [1.29, 1.82) is 0 Å². The number of halogens is 2. The number of nitrogens with zero attached hydrogens (tertiary/aromatic N) is 1. The summed E-state index contributed by atoms with van der Waals surface area (Å²) in [6, 6.07) is 5.07. The second-order valence-electron chi connectivity index (χ2n) is 5.39. The molecule has 1 saturated heterocycles. The van der Waals surface area contributed by atoms with Gasteiger partial charge in [0.15, 0.2) is 15.8 Å². The molecule has 1 aliphatic rings. The van der Waals surface area contributed by atoms with E-state index in [1.165, 1.54) is 0 Å². The van der Waals surface area contributed by atoms with E-state index in [0.29, 0.717) is 22.9 Å². The minimum absolute atomic E-state index is 0.159. The first kappa shape index (κ1) is 17.4. The van der Waals surface area contributed by atoms with Crippen LogP contribution in [0.5, 0.6) is 0 Å². The minimum atomic E-state index is -3.00. The Hall–Kier alpha value is -0.980. The van der Waals surface area contributed by atoms with Gasteiger partial charge in [-0.3, -0.25) is 4.99 Å². The van der Waals surface area contributed by atoms with Gasteiger partial charge in [-0.1, -0.05) is 29.3 Å². The maximum absolute atomic E-state index is 11.7. The first-order chi connectivity index (χ1) is 10.3. The van der Waals surface area contributed by atoms with E-state index in [4.69, 9.17) is 28.9 Å². The second-order valence-corrected chi connectivity index (χ2v) is 8.63. The summed E-state index contributed by atoms with van der Waals surface area (Å²) < 4.78 is 23.5. The molecule has 122 valence electrons. The van der Waals surface area contributed by atoms with Crippen LogP contribution in [0.25, 0.3) is 0 Å². The van der Waals surface area contributed by atoms with E-state index in [-0.39, 0.29) is 24.3 Å². The zero-order chi connectivity index (χ0) is 16.3. The van der Waals surface area contributed by atoms with Crippen LogP contribution in [0.4, 0.5) is 0 Å². The van der Waals surface area contributed by atoms with Crippen LogP contribution < -0.4 is 11.1 Å². The highest BCUT2D eigenvalue weighted by molar-refractivity contribution is 7.92. The van der Waals surface area contributed by atoms with Crippen LogP contribution >= 0.6 is 23.2 Å². The molecule has 5 nitrogen and oxygen atoms in total. The highest BCUT2D eigenvalue weighted by atomic mass is 35.5. The molecule has 0 bridgehead atoms. The number of guanidine groups is 1. The zero-order valence-corrected chi connectivity index (χ0v) is 14.5. The number of benzene rings is 1. The van der Waals surface area contributed by atoms with Crippen molar-refractivity contribution in [2.75, 3.05) is 12.3 Å². The van der Waals surface area contributed by atoms with Gasteiger partial charge in [-0.05, 0) is 37.5 Å². The van der Waals surface area contributed by atoms with Gasteiger partial charge in [0.2, 0.25) is 0 Å². The van der Waals surface area contributed by atoms with Gasteiger partial charge in [0.25, 0.3) is 0 Å². The lowest BCUT2D eigenvalue weighted by atomic mass is 10.1. The molecular weight excluding hydrogens is 345 g/mol. The Balaban J connectivity index is 1.98. The number of hydrogen-bond donors (Lipinski definition) is 2. The number of rotatable bonds is 4. The Labute approximate surface area is 140 Å². The number of nitrogens with one attached hydrogen (secondary N) is 1. The van der Waals surface area contributed by atoms with Crippen LogP contribution in [-0.2, 0) is 9.84 Å². The molecule has 2 rings (SSSR count). The molecule has 3 N–H and O–H groups in total. The van der Waals surface area contributed by atoms with E-state index in [9.17, 15) is 8.42 Å². The predicted octanol–water partition coefficient (Wildman–Crippen LogP) is 2.54. The average Bonchev–Trinajstić information content (AvgIpc) is 2.75. The Kier molecular flexibility index (Phi) is 5.58. The number of sulfone groups is 1. The van der Waals surface area contributed by atoms with Crippen molar-refractivity contribution in [2.45, 2.75) is 31.1 Å². The van der Waals surface area contributed by atoms with Crippen molar-refractivity contribution in [3.05, 3.63) is 33.8 Å². The average molecular weight is 364 g/mol. The summed E-state index contributed by atoms with van der Waals surface area (Å²) in [6.07, 6.45) is 1.35. The molecule has 1 heterocycles. The van der Waals surface area contributed by atoms with Gasteiger partial charge in [0, 0.05) is 10.0 Å². The molecule has 0 spiro atoms. The fraction of sp³-hybridized carbons (Fsp3) is 0.500. The number of nitrogens with two attached hydrogens (primary N) is 1. The van der Waals surface area contributed by atoms with E-state index >= 15 is 0 Å². The summed E-state index contributed by atoms with van der Waals surface area (Å²) in [6.45, 7) is 2.09. The maximum Gasteiger partial charge on any atom is 0.189 e. The van der Waals surface area contributed by atoms with Crippen molar-refractivity contribution < 1.29 is 8.42 Å². The van der Waals surface area contributed by atoms with Gasteiger partial charge in [0.05, 0.1) is 23.6 Å². The highest BCUT2D eigenvalue weighted by Crippen LogP contribution is 2.26. The lowest BCUT2D eigenvalue weighted by Gasteiger charge is -2.17. The smallest absolute Gasteiger partial charge is 0.189 e. The van der Waals surface area contributed by atoms with E-state index < -0.39 is 15.1 Å². The van der Waals surface area contributed by atoms with Crippen molar-refractivity contribution in [3.63, 3.8) is 0 Å². The fourth-order valence-corrected chi connectivity index (χ4v) is 4.76. The Morgan fingerprint density at radius 2 is 2.23 bits per heavy atom. The maximum atomic E-state index is 11.7. The van der Waals surface area contributed by atoms with E-state index in [1.807, 2.05) is 13.0 Å². The number of hydrogen-bond acceptors (Lipinski definition) is 3. The summed E-state index contributed by atoms with van der Waals surface area (Å²) in [5, 5.41) is 3.70. The van der Waals surface area contributed by atoms with Crippen LogP contribution in [0.15, 0.2) is 23.2 Å². The normalized spacial score (nSPS) is 22.5. The van der Waals surface area contributed by atoms with Crippen molar-refractivity contribution in [1.82, 2.24) is 5.32 Å². The van der Waals surface area contributed by atoms with Crippen LogP contribution in [0.1, 0.15) is 31.4 Å². The van der Waals surface area contributed by atoms with Gasteiger partial charge >= 0.3 is 0 Å². The summed E-state index contributed by atoms with van der Waals surface area (Å²) in [5.41, 5.74) is 6.68. The third kappa shape index (κ3) is 4.27. The van der Waals surface area contributed by atoms with Gasteiger partial charge in [0.1, 0.15) is 0 Å². The summed E-state index contributed by atoms with van der Waals surface area (Å²) in [4.78, 5) is 4.15. The third-order valence-electron chi connectivity index (χ3n) is 3.72. The molecule has 8 heteroatoms. The van der Waals surface area contributed by atoms with Gasteiger partial charge in [-0.25, -0.2) is 8.42 Å². The second kappa shape index (κ2) is 7.06. The van der Waals surface area contributed by atoms with Gasteiger partial charge < -0.3 is 11.1 Å². The first-order valence-corrected chi connectivity index (χ1v) is 9.49. The Bertz CT molecular complexity index is 677. The SMILES string of the molecule is CC(NC(N)=NCC1CCCS1(=O)=O)c1ccc(Cl)cc1Cl. The van der Waals surface area contributed by atoms with Crippen molar-refractivity contribution in [2.24, 2.45) is 10.7 Å². The minimum Gasteiger partial charge on any atom is -0.370 e. The van der Waals surface area contributed by atoms with E-state index in [0.717, 1.165) is 5.56 Å². The van der Waals surface area contributed by atoms with E-state index in [1.54, 1.807) is 12.1 Å². The summed E-state index contributed by atoms with van der Waals surface area (Å²) >= 11 is 12.0. The van der Waals surface area contributed by atoms with Gasteiger partial charge in [-0.15, -0.1) is 0 Å². The van der Waals surface area contributed by atoms with Gasteiger partial charge in [-0.2, -0.15) is 0 Å². The van der Waals surface area contributed by atoms with Crippen LogP contribution in [0.3, 0.4) is 0 Å². The number of aliphatic imine (C=N–C) groups is 1. The molecule has 2 atom stereocenters. The Morgan fingerprint density at radius 3 is 2.82 bits per heavy atom. The standard InChI is InChI=1S/C14H19Cl2N3O2S/c1-9(12-5-4-10(15)7-13(12)16)19-14(17)18-8-11-3-2-6-22(11,20)21/h4-5,7,9,11H,2-3,6,8H2,1H3,(H3,17,18,19). The highest BCUT2D eigenvalue weighted by Gasteiger charge is 2.30. The largest absolute Gasteiger partial charge is 0.370 e. The van der Waals surface area contributed by atoms with Crippen molar-refractivity contribution in [3.8, 4) is 0 Å². The molecule has 0 amide bonds. The summed E-state index contributed by atoms with van der Waals surface area (Å²) in [7, 11) is -3.00. The lowest BCUT2D eigenvalue weighted by molar-refractivity contribution is 0.589. The molecule has 1 aromatic carbocycles. The fourth-order valence-electron chi connectivity index (χ4n) is 2.46. The molecule has 0 saturated carbocycles. The van der Waals surface area contributed by atoms with E-state index in [2.05, 4.69) is 10.3 Å². The first-order valence-electron chi connectivity index (χ1n) is 7.02. The monoisotopic (exact) mass is 363 g/mol. The molecular formula is C14H19Cl2N3O2S. The molecule has 2 unspecified atom stereocenters. The molecule has 22 heavy (non-hydrogen) atoms. The molecule has 1 aromatic rings. The lowest BCUT2D eigenvalue weighted by Crippen LogP contribution is -2.35. The topological polar surface area (TPSA) is 84.5 Å². The molecule has 0 aliphatic carbocycles. The third-order valence-corrected chi connectivity index (χ3v) is 6.54. The predicted molar refractivity (Wildman–Crippen MR) is 91.3 cm³/mol. The Morgan fingerprint density at radius 1 is 1.50 bits per heavy atom.